The summed E-state index contributed by atoms with van der Waals surface area (Å²) >= 11 is 0. The van der Waals surface area contributed by atoms with Crippen molar-refractivity contribution in [3.63, 3.8) is 0 Å². The first-order valence-electron chi connectivity index (χ1n) is 4.74. The molecular formula is C10H16O4. The number of hydrogen-bond donors (Lipinski definition) is 1. The molecule has 1 fully saturated rings. The minimum Gasteiger partial charge on any atom is -0.478 e. The van der Waals surface area contributed by atoms with Crippen LogP contribution in [-0.2, 0) is 14.3 Å². The van der Waals surface area contributed by atoms with E-state index in [1.807, 2.05) is 0 Å². The summed E-state index contributed by atoms with van der Waals surface area (Å²) in [6.45, 7) is 1.83. The van der Waals surface area contributed by atoms with Gasteiger partial charge in [-0.3, -0.25) is 0 Å². The van der Waals surface area contributed by atoms with E-state index in [9.17, 15) is 4.79 Å². The maximum absolute atomic E-state index is 10.6. The second-order valence-corrected chi connectivity index (χ2v) is 3.38. The summed E-state index contributed by atoms with van der Waals surface area (Å²) in [5, 5.41) is 8.68. The van der Waals surface area contributed by atoms with E-state index in [-0.39, 0.29) is 0 Å². The first-order chi connectivity index (χ1) is 6.74. The standard InChI is InChI=1S/C10H16O4/c1-13-7-9(6-10(11)12)8-2-4-14-5-3-8/h6,8H,2-5,7H2,1H3,(H,11,12)/b9-6+. The molecule has 14 heavy (non-hydrogen) atoms. The van der Waals surface area contributed by atoms with Gasteiger partial charge in [-0.2, -0.15) is 0 Å². The molecule has 1 aliphatic heterocycles. The van der Waals surface area contributed by atoms with Gasteiger partial charge in [0.15, 0.2) is 0 Å². The quantitative estimate of drug-likeness (QED) is 0.690. The fourth-order valence-corrected chi connectivity index (χ4v) is 1.67. The van der Waals surface area contributed by atoms with Crippen LogP contribution in [0.1, 0.15) is 12.8 Å². The van der Waals surface area contributed by atoms with Gasteiger partial charge in [0.1, 0.15) is 0 Å². The van der Waals surface area contributed by atoms with Crippen molar-refractivity contribution in [3.05, 3.63) is 11.6 Å². The molecule has 1 N–H and O–H groups in total. The lowest BCUT2D eigenvalue weighted by molar-refractivity contribution is -0.131. The molecule has 0 atom stereocenters. The molecule has 0 unspecified atom stereocenters. The van der Waals surface area contributed by atoms with E-state index >= 15 is 0 Å². The van der Waals surface area contributed by atoms with Gasteiger partial charge in [-0.05, 0) is 24.3 Å². The summed E-state index contributed by atoms with van der Waals surface area (Å²) in [7, 11) is 1.58. The van der Waals surface area contributed by atoms with Crippen molar-refractivity contribution in [2.75, 3.05) is 26.9 Å². The van der Waals surface area contributed by atoms with Crippen LogP contribution in [0.15, 0.2) is 11.6 Å². The van der Waals surface area contributed by atoms with Crippen LogP contribution in [0.5, 0.6) is 0 Å². The van der Waals surface area contributed by atoms with E-state index < -0.39 is 5.97 Å². The van der Waals surface area contributed by atoms with Gasteiger partial charge in [0.2, 0.25) is 0 Å². The average Bonchev–Trinajstić information content (AvgIpc) is 2.18. The number of carboxylic acids is 1. The van der Waals surface area contributed by atoms with E-state index in [2.05, 4.69) is 0 Å². The van der Waals surface area contributed by atoms with Gasteiger partial charge in [0.05, 0.1) is 6.61 Å². The molecule has 0 radical (unpaired) electrons. The van der Waals surface area contributed by atoms with Gasteiger partial charge in [-0.15, -0.1) is 0 Å². The molecule has 1 rings (SSSR count). The van der Waals surface area contributed by atoms with E-state index in [0.717, 1.165) is 18.4 Å². The molecule has 0 aromatic heterocycles. The number of carboxylic acid groups (broad SMARTS) is 1. The first kappa shape index (κ1) is 11.2. The van der Waals surface area contributed by atoms with E-state index in [0.29, 0.717) is 25.7 Å². The molecule has 0 amide bonds. The molecule has 4 heteroatoms. The highest BCUT2D eigenvalue weighted by Crippen LogP contribution is 2.23. The van der Waals surface area contributed by atoms with Gasteiger partial charge in [0.25, 0.3) is 0 Å². The van der Waals surface area contributed by atoms with Gasteiger partial charge >= 0.3 is 5.97 Å². The minimum absolute atomic E-state index is 0.305. The zero-order chi connectivity index (χ0) is 10.4. The van der Waals surface area contributed by atoms with Gasteiger partial charge in [-0.1, -0.05) is 0 Å². The highest BCUT2D eigenvalue weighted by Gasteiger charge is 2.18. The third-order valence-corrected chi connectivity index (χ3v) is 2.37. The second kappa shape index (κ2) is 5.78. The molecule has 0 bridgehead atoms. The van der Waals surface area contributed by atoms with Crippen molar-refractivity contribution < 1.29 is 19.4 Å². The summed E-state index contributed by atoms with van der Waals surface area (Å²) in [6, 6.07) is 0. The minimum atomic E-state index is -0.899. The van der Waals surface area contributed by atoms with E-state index in [1.54, 1.807) is 7.11 Å². The predicted octanol–water partition coefficient (Wildman–Crippen LogP) is 1.07. The third-order valence-electron chi connectivity index (χ3n) is 2.37. The average molecular weight is 200 g/mol. The summed E-state index contributed by atoms with van der Waals surface area (Å²) in [5.74, 6) is -0.594. The SMILES string of the molecule is COC/C(=C\C(=O)O)C1CCOCC1. The monoisotopic (exact) mass is 200 g/mol. The lowest BCUT2D eigenvalue weighted by Gasteiger charge is -2.24. The number of methoxy groups -OCH3 is 1. The topological polar surface area (TPSA) is 55.8 Å². The molecule has 0 saturated carbocycles. The Labute approximate surface area is 83.5 Å². The maximum Gasteiger partial charge on any atom is 0.328 e. The van der Waals surface area contributed by atoms with E-state index in [4.69, 9.17) is 14.6 Å². The predicted molar refractivity (Wildman–Crippen MR) is 51.1 cm³/mol. The summed E-state index contributed by atoms with van der Waals surface area (Å²) in [4.78, 5) is 10.6. The summed E-state index contributed by atoms with van der Waals surface area (Å²) in [6.07, 6.45) is 3.05. The van der Waals surface area contributed by atoms with E-state index in [1.165, 1.54) is 6.08 Å². The molecule has 0 aromatic carbocycles. The molecule has 1 saturated heterocycles. The van der Waals surface area contributed by atoms with Crippen molar-refractivity contribution in [3.8, 4) is 0 Å². The van der Waals surface area contributed by atoms with Crippen LogP contribution in [0.3, 0.4) is 0 Å². The van der Waals surface area contributed by atoms with Gasteiger partial charge in [-0.25, -0.2) is 4.79 Å². The van der Waals surface area contributed by atoms with Crippen molar-refractivity contribution >= 4 is 5.97 Å². The molecule has 0 aromatic rings. The second-order valence-electron chi connectivity index (χ2n) is 3.38. The lowest BCUT2D eigenvalue weighted by Crippen LogP contribution is -2.20. The molecule has 0 aliphatic carbocycles. The summed E-state index contributed by atoms with van der Waals surface area (Å²) < 4.78 is 10.2. The maximum atomic E-state index is 10.6. The number of rotatable bonds is 4. The zero-order valence-corrected chi connectivity index (χ0v) is 8.36. The van der Waals surface area contributed by atoms with Crippen LogP contribution in [0.25, 0.3) is 0 Å². The number of hydrogen-bond acceptors (Lipinski definition) is 3. The van der Waals surface area contributed by atoms with Crippen molar-refractivity contribution in [1.82, 2.24) is 0 Å². The Balaban J connectivity index is 2.60. The van der Waals surface area contributed by atoms with Crippen LogP contribution in [0.4, 0.5) is 0 Å². The smallest absolute Gasteiger partial charge is 0.328 e. The van der Waals surface area contributed by atoms with Crippen LogP contribution >= 0.6 is 0 Å². The molecule has 1 heterocycles. The van der Waals surface area contributed by atoms with Gasteiger partial charge < -0.3 is 14.6 Å². The van der Waals surface area contributed by atoms with Crippen LogP contribution in [-0.4, -0.2) is 38.0 Å². The van der Waals surface area contributed by atoms with Crippen LogP contribution in [0, 0.1) is 5.92 Å². The normalized spacial score (nSPS) is 19.6. The molecule has 1 aliphatic rings. The zero-order valence-electron chi connectivity index (χ0n) is 8.36. The third kappa shape index (κ3) is 3.47. The van der Waals surface area contributed by atoms with Crippen LogP contribution in [0.2, 0.25) is 0 Å². The van der Waals surface area contributed by atoms with Crippen molar-refractivity contribution in [1.29, 1.82) is 0 Å². The Morgan fingerprint density at radius 3 is 2.71 bits per heavy atom. The number of carbonyl (C=O) groups is 1. The van der Waals surface area contributed by atoms with Crippen molar-refractivity contribution in [2.45, 2.75) is 12.8 Å². The molecule has 80 valence electrons. The Morgan fingerprint density at radius 2 is 2.21 bits per heavy atom. The van der Waals surface area contributed by atoms with Crippen molar-refractivity contribution in [2.24, 2.45) is 5.92 Å². The van der Waals surface area contributed by atoms with Crippen LogP contribution < -0.4 is 0 Å². The Bertz CT molecular complexity index is 216. The fourth-order valence-electron chi connectivity index (χ4n) is 1.67. The highest BCUT2D eigenvalue weighted by atomic mass is 16.5. The Morgan fingerprint density at radius 1 is 1.57 bits per heavy atom. The van der Waals surface area contributed by atoms with Gasteiger partial charge in [0, 0.05) is 26.4 Å². The first-order valence-corrected chi connectivity index (χ1v) is 4.74. The fraction of sp³-hybridized carbons (Fsp3) is 0.700. The lowest BCUT2D eigenvalue weighted by atomic mass is 9.91. The summed E-state index contributed by atoms with van der Waals surface area (Å²) in [5.41, 5.74) is 0.864. The Hall–Kier alpha value is -0.870. The number of ether oxygens (including phenoxy) is 2. The molecule has 0 spiro atoms. The largest absolute Gasteiger partial charge is 0.478 e. The number of aliphatic carboxylic acids is 1. The molecule has 4 nitrogen and oxygen atoms in total. The Kier molecular flexibility index (Phi) is 4.62. The highest BCUT2D eigenvalue weighted by molar-refractivity contribution is 5.80. The molecular weight excluding hydrogens is 184 g/mol.